The highest BCUT2D eigenvalue weighted by Gasteiger charge is 2.27. The number of nitrogens with zero attached hydrogens (tertiary/aromatic N) is 3. The fraction of sp³-hybridized carbons (Fsp3) is 0.238. The van der Waals surface area contributed by atoms with Crippen molar-refractivity contribution in [2.24, 2.45) is 5.92 Å². The maximum absolute atomic E-state index is 12.9. The van der Waals surface area contributed by atoms with Crippen molar-refractivity contribution in [2.75, 3.05) is 10.6 Å². The van der Waals surface area contributed by atoms with Gasteiger partial charge in [0.25, 0.3) is 5.69 Å². The molecule has 0 aliphatic heterocycles. The third kappa shape index (κ3) is 6.56. The number of nitrogens with one attached hydrogen (secondary N) is 3. The zero-order chi connectivity index (χ0) is 24.0. The molecule has 3 aromatic rings. The Kier molecular flexibility index (Phi) is 8.06. The van der Waals surface area contributed by atoms with Crippen LogP contribution in [0.15, 0.2) is 53.0 Å². The number of aromatic nitrogens is 2. The van der Waals surface area contributed by atoms with Gasteiger partial charge in [-0.2, -0.15) is 0 Å². The van der Waals surface area contributed by atoms with E-state index < -0.39 is 22.9 Å². The monoisotopic (exact) mass is 532 g/mol. The molecule has 10 nitrogen and oxygen atoms in total. The van der Waals surface area contributed by atoms with Gasteiger partial charge in [-0.15, -0.1) is 10.2 Å². The number of hydrogen-bond donors (Lipinski definition) is 3. The predicted molar refractivity (Wildman–Crippen MR) is 130 cm³/mol. The van der Waals surface area contributed by atoms with Gasteiger partial charge in [0.15, 0.2) is 0 Å². The number of benzene rings is 2. The van der Waals surface area contributed by atoms with Crippen LogP contribution >= 0.6 is 27.3 Å². The standard InChI is InChI=1S/C21H21BrN6O4S/c1-3-12(2)17(24-20(30)23-15-8-10-16(11-9-15)28(31)32)18(29)25-21-27-26-19(33-21)13-4-6-14(22)7-5-13/h4-12,17H,3H2,1-2H3,(H2,23,24,30)(H,25,27,29)/t12-,17-/m1/s1. The van der Waals surface area contributed by atoms with Crippen LogP contribution in [0.1, 0.15) is 20.3 Å². The van der Waals surface area contributed by atoms with E-state index >= 15 is 0 Å². The molecule has 0 unspecified atom stereocenters. The highest BCUT2D eigenvalue weighted by atomic mass is 79.9. The second-order valence-corrected chi connectivity index (χ2v) is 9.07. The van der Waals surface area contributed by atoms with E-state index in [9.17, 15) is 19.7 Å². The normalized spacial score (nSPS) is 12.5. The van der Waals surface area contributed by atoms with E-state index in [2.05, 4.69) is 42.1 Å². The van der Waals surface area contributed by atoms with Crippen LogP contribution in [-0.4, -0.2) is 33.1 Å². The Labute approximate surface area is 202 Å². The molecule has 0 saturated carbocycles. The summed E-state index contributed by atoms with van der Waals surface area (Å²) in [7, 11) is 0. The average molecular weight is 533 g/mol. The molecular formula is C21H21BrN6O4S. The van der Waals surface area contributed by atoms with Crippen molar-refractivity contribution in [1.82, 2.24) is 15.5 Å². The topological polar surface area (TPSA) is 139 Å². The molecule has 3 rings (SSSR count). The molecule has 0 spiro atoms. The van der Waals surface area contributed by atoms with Crippen LogP contribution in [0, 0.1) is 16.0 Å². The van der Waals surface area contributed by atoms with Crippen LogP contribution in [0.3, 0.4) is 0 Å². The largest absolute Gasteiger partial charge is 0.326 e. The van der Waals surface area contributed by atoms with Crippen molar-refractivity contribution in [3.05, 3.63) is 63.1 Å². The van der Waals surface area contributed by atoms with Crippen LogP contribution in [0.2, 0.25) is 0 Å². The smallest absolute Gasteiger partial charge is 0.319 e. The number of non-ortho nitro benzene ring substituents is 1. The van der Waals surface area contributed by atoms with Gasteiger partial charge in [0.05, 0.1) is 4.92 Å². The van der Waals surface area contributed by atoms with Gasteiger partial charge in [-0.1, -0.05) is 59.7 Å². The minimum Gasteiger partial charge on any atom is -0.326 e. The third-order valence-electron chi connectivity index (χ3n) is 4.86. The molecule has 12 heteroatoms. The van der Waals surface area contributed by atoms with E-state index in [1.54, 1.807) is 0 Å². The van der Waals surface area contributed by atoms with Crippen LogP contribution < -0.4 is 16.0 Å². The number of carbonyl (C=O) groups excluding carboxylic acids is 2. The number of carbonyl (C=O) groups is 2. The summed E-state index contributed by atoms with van der Waals surface area (Å²) in [6.45, 7) is 3.77. The van der Waals surface area contributed by atoms with Gasteiger partial charge in [-0.05, 0) is 30.2 Å². The van der Waals surface area contributed by atoms with Gasteiger partial charge in [0, 0.05) is 27.9 Å². The molecule has 2 aromatic carbocycles. The Hall–Kier alpha value is -3.38. The highest BCUT2D eigenvalue weighted by Crippen LogP contribution is 2.27. The fourth-order valence-corrected chi connectivity index (χ4v) is 3.86. The minimum absolute atomic E-state index is 0.0858. The number of halogens is 1. The molecule has 0 saturated heterocycles. The highest BCUT2D eigenvalue weighted by molar-refractivity contribution is 9.10. The van der Waals surface area contributed by atoms with Gasteiger partial charge in [-0.3, -0.25) is 20.2 Å². The first-order chi connectivity index (χ1) is 15.8. The van der Waals surface area contributed by atoms with E-state index in [0.717, 1.165) is 10.0 Å². The van der Waals surface area contributed by atoms with Crippen molar-refractivity contribution in [1.29, 1.82) is 0 Å². The van der Waals surface area contributed by atoms with Crippen LogP contribution in [-0.2, 0) is 4.79 Å². The second kappa shape index (κ2) is 11.0. The van der Waals surface area contributed by atoms with Crippen LogP contribution in [0.25, 0.3) is 10.6 Å². The summed E-state index contributed by atoms with van der Waals surface area (Å²) in [6.07, 6.45) is 0.649. The number of nitro benzene ring substituents is 1. The summed E-state index contributed by atoms with van der Waals surface area (Å²) < 4.78 is 0.943. The zero-order valence-electron chi connectivity index (χ0n) is 17.7. The van der Waals surface area contributed by atoms with E-state index in [1.165, 1.54) is 35.6 Å². The van der Waals surface area contributed by atoms with Gasteiger partial charge in [0.2, 0.25) is 11.0 Å². The van der Waals surface area contributed by atoms with E-state index in [0.29, 0.717) is 22.2 Å². The Morgan fingerprint density at radius 1 is 1.09 bits per heavy atom. The molecule has 0 fully saturated rings. The van der Waals surface area contributed by atoms with Gasteiger partial charge >= 0.3 is 6.03 Å². The summed E-state index contributed by atoms with van der Waals surface area (Å²) in [4.78, 5) is 35.6. The number of nitro groups is 1. The van der Waals surface area contributed by atoms with Crippen molar-refractivity contribution >= 4 is 55.7 Å². The summed E-state index contributed by atoms with van der Waals surface area (Å²) in [5.74, 6) is -0.576. The zero-order valence-corrected chi connectivity index (χ0v) is 20.1. The van der Waals surface area contributed by atoms with Gasteiger partial charge < -0.3 is 10.6 Å². The maximum Gasteiger partial charge on any atom is 0.319 e. The SMILES string of the molecule is CC[C@@H](C)[C@@H](NC(=O)Nc1ccc([N+](=O)[O-])cc1)C(=O)Nc1nnc(-c2ccc(Br)cc2)s1. The molecule has 1 heterocycles. The van der Waals surface area contributed by atoms with Crippen molar-refractivity contribution in [3.8, 4) is 10.6 Å². The lowest BCUT2D eigenvalue weighted by Crippen LogP contribution is -2.49. The number of hydrogen-bond acceptors (Lipinski definition) is 7. The molecule has 0 aliphatic carbocycles. The lowest BCUT2D eigenvalue weighted by atomic mass is 9.98. The fourth-order valence-electron chi connectivity index (χ4n) is 2.84. The molecule has 3 N–H and O–H groups in total. The van der Waals surface area contributed by atoms with E-state index in [1.807, 2.05) is 38.1 Å². The summed E-state index contributed by atoms with van der Waals surface area (Å²) in [5, 5.41) is 27.9. The molecular weight excluding hydrogens is 512 g/mol. The quantitative estimate of drug-likeness (QED) is 0.274. The summed E-state index contributed by atoms with van der Waals surface area (Å²) >= 11 is 4.61. The van der Waals surface area contributed by atoms with Crippen molar-refractivity contribution in [2.45, 2.75) is 26.3 Å². The first-order valence-corrected chi connectivity index (χ1v) is 11.6. The molecule has 1 aromatic heterocycles. The lowest BCUT2D eigenvalue weighted by Gasteiger charge is -2.23. The number of urea groups is 1. The Morgan fingerprint density at radius 3 is 2.36 bits per heavy atom. The minimum atomic E-state index is -0.826. The first-order valence-electron chi connectivity index (χ1n) is 9.99. The Balaban J connectivity index is 1.65. The summed E-state index contributed by atoms with van der Waals surface area (Å²) in [5.41, 5.74) is 1.15. The molecule has 33 heavy (non-hydrogen) atoms. The number of anilines is 2. The molecule has 0 bridgehead atoms. The molecule has 0 aliphatic rings. The maximum atomic E-state index is 12.9. The number of rotatable bonds is 8. The first kappa shape index (κ1) is 24.3. The van der Waals surface area contributed by atoms with Crippen molar-refractivity contribution < 1.29 is 14.5 Å². The average Bonchev–Trinajstić information content (AvgIpc) is 3.26. The van der Waals surface area contributed by atoms with Gasteiger partial charge in [0.1, 0.15) is 11.0 Å². The Bertz CT molecular complexity index is 1140. The number of amides is 3. The molecule has 2 atom stereocenters. The molecule has 172 valence electrons. The summed E-state index contributed by atoms with van der Waals surface area (Å²) in [6, 6.07) is 11.5. The van der Waals surface area contributed by atoms with Crippen LogP contribution in [0.4, 0.5) is 21.3 Å². The Morgan fingerprint density at radius 2 is 1.76 bits per heavy atom. The molecule has 0 radical (unpaired) electrons. The van der Waals surface area contributed by atoms with E-state index in [-0.39, 0.29) is 11.6 Å². The van der Waals surface area contributed by atoms with Crippen LogP contribution in [0.5, 0.6) is 0 Å². The predicted octanol–water partition coefficient (Wildman–Crippen LogP) is 5.05. The van der Waals surface area contributed by atoms with Gasteiger partial charge in [-0.25, -0.2) is 4.79 Å². The third-order valence-corrected chi connectivity index (χ3v) is 6.28. The lowest BCUT2D eigenvalue weighted by molar-refractivity contribution is -0.384. The van der Waals surface area contributed by atoms with Crippen molar-refractivity contribution in [3.63, 3.8) is 0 Å². The second-order valence-electron chi connectivity index (χ2n) is 7.17. The van der Waals surface area contributed by atoms with E-state index in [4.69, 9.17) is 0 Å². The molecule has 3 amide bonds.